The molecular weight excluding hydrogens is 467 g/mol. The number of benzene rings is 1. The van der Waals surface area contributed by atoms with E-state index in [1.165, 1.54) is 0 Å². The molecule has 2 aliphatic rings. The second-order valence-corrected chi connectivity index (χ2v) is 8.34. The number of nitrogens with one attached hydrogen (secondary N) is 3. The average molecular weight is 494 g/mol. The zero-order valence-electron chi connectivity index (χ0n) is 15.1. The van der Waals surface area contributed by atoms with Crippen molar-refractivity contribution < 1.29 is 13.2 Å². The number of anilines is 1. The molecular formula is C17H27IN4O3S. The molecule has 0 aliphatic carbocycles. The third kappa shape index (κ3) is 5.71. The summed E-state index contributed by atoms with van der Waals surface area (Å²) < 4.78 is 31.4. The van der Waals surface area contributed by atoms with Gasteiger partial charge in [0.2, 0.25) is 10.0 Å². The highest BCUT2D eigenvalue weighted by atomic mass is 127. The van der Waals surface area contributed by atoms with E-state index in [4.69, 9.17) is 4.74 Å². The van der Waals surface area contributed by atoms with Crippen LogP contribution in [0.25, 0.3) is 0 Å². The number of hydrogen-bond acceptors (Lipinski definition) is 4. The number of rotatable bonds is 6. The summed E-state index contributed by atoms with van der Waals surface area (Å²) in [5.41, 5.74) is 1.39. The van der Waals surface area contributed by atoms with Crippen molar-refractivity contribution in [3.63, 3.8) is 0 Å². The molecule has 3 N–H and O–H groups in total. The molecule has 2 aliphatic heterocycles. The maximum absolute atomic E-state index is 11.5. The van der Waals surface area contributed by atoms with Gasteiger partial charge in [0.25, 0.3) is 0 Å². The highest BCUT2D eigenvalue weighted by molar-refractivity contribution is 14.0. The van der Waals surface area contributed by atoms with Crippen molar-refractivity contribution in [3.8, 4) is 0 Å². The normalized spacial score (nSPS) is 24.8. The molecule has 3 rings (SSSR count). The molecule has 1 aromatic rings. The summed E-state index contributed by atoms with van der Waals surface area (Å²) in [5.74, 6) is 0.734. The van der Waals surface area contributed by atoms with E-state index < -0.39 is 10.0 Å². The third-order valence-corrected chi connectivity index (χ3v) is 5.08. The monoisotopic (exact) mass is 494 g/mol. The third-order valence-electron chi connectivity index (χ3n) is 4.49. The van der Waals surface area contributed by atoms with Crippen LogP contribution < -0.4 is 15.4 Å². The van der Waals surface area contributed by atoms with Crippen LogP contribution in [-0.4, -0.2) is 45.4 Å². The van der Waals surface area contributed by atoms with Crippen LogP contribution >= 0.6 is 24.0 Å². The smallest absolute Gasteiger partial charge is 0.229 e. The Hall–Kier alpha value is -1.07. The maximum atomic E-state index is 11.5. The van der Waals surface area contributed by atoms with Gasteiger partial charge in [0.05, 0.1) is 36.7 Å². The lowest BCUT2D eigenvalue weighted by Gasteiger charge is -2.22. The van der Waals surface area contributed by atoms with Crippen LogP contribution in [0.4, 0.5) is 5.69 Å². The molecule has 7 nitrogen and oxygen atoms in total. The quantitative estimate of drug-likeness (QED) is 0.320. The predicted molar refractivity (Wildman–Crippen MR) is 115 cm³/mol. The Labute approximate surface area is 172 Å². The molecule has 0 saturated carbocycles. The van der Waals surface area contributed by atoms with E-state index in [1.54, 1.807) is 12.1 Å². The van der Waals surface area contributed by atoms with Gasteiger partial charge < -0.3 is 15.4 Å². The molecule has 3 atom stereocenters. The van der Waals surface area contributed by atoms with Crippen LogP contribution in [0.1, 0.15) is 31.7 Å². The molecule has 26 heavy (non-hydrogen) atoms. The van der Waals surface area contributed by atoms with Gasteiger partial charge in [-0.05, 0) is 37.8 Å². The Morgan fingerprint density at radius 3 is 2.69 bits per heavy atom. The average Bonchev–Trinajstić information content (AvgIpc) is 3.15. The van der Waals surface area contributed by atoms with Gasteiger partial charge in [0.15, 0.2) is 5.96 Å². The summed E-state index contributed by atoms with van der Waals surface area (Å²) in [4.78, 5) is 4.63. The number of nitrogens with zero attached hydrogens (tertiary/aromatic N) is 1. The highest BCUT2D eigenvalue weighted by Gasteiger charge is 2.41. The Morgan fingerprint density at radius 2 is 2.08 bits per heavy atom. The first-order valence-corrected chi connectivity index (χ1v) is 10.6. The minimum absolute atomic E-state index is 0. The van der Waals surface area contributed by atoms with Crippen molar-refractivity contribution in [3.05, 3.63) is 29.8 Å². The molecule has 0 spiro atoms. The van der Waals surface area contributed by atoms with Gasteiger partial charge in [0, 0.05) is 6.54 Å². The van der Waals surface area contributed by atoms with Gasteiger partial charge in [0.1, 0.15) is 0 Å². The van der Waals surface area contributed by atoms with Crippen molar-refractivity contribution in [2.75, 3.05) is 17.5 Å². The van der Waals surface area contributed by atoms with E-state index in [0.717, 1.165) is 43.6 Å². The van der Waals surface area contributed by atoms with Crippen molar-refractivity contribution in [2.45, 2.75) is 51.0 Å². The molecule has 0 amide bonds. The molecule has 3 unspecified atom stereocenters. The van der Waals surface area contributed by atoms with E-state index in [9.17, 15) is 8.42 Å². The molecule has 146 valence electrons. The summed E-state index contributed by atoms with van der Waals surface area (Å²) >= 11 is 0. The van der Waals surface area contributed by atoms with E-state index >= 15 is 0 Å². The van der Waals surface area contributed by atoms with Gasteiger partial charge in [-0.2, -0.15) is 0 Å². The minimum Gasteiger partial charge on any atom is -0.373 e. The van der Waals surface area contributed by atoms with Gasteiger partial charge in [-0.25, -0.2) is 13.4 Å². The van der Waals surface area contributed by atoms with Gasteiger partial charge in [-0.3, -0.25) is 4.72 Å². The second-order valence-electron chi connectivity index (χ2n) is 6.59. The Morgan fingerprint density at radius 1 is 1.31 bits per heavy atom. The predicted octanol–water partition coefficient (Wildman–Crippen LogP) is 2.05. The van der Waals surface area contributed by atoms with Crippen LogP contribution in [0.5, 0.6) is 0 Å². The molecule has 2 heterocycles. The topological polar surface area (TPSA) is 91.8 Å². The van der Waals surface area contributed by atoms with Gasteiger partial charge in [-0.1, -0.05) is 18.2 Å². The standard InChI is InChI=1S/C17H26N4O3S.HI/c1-3-18-17(20-15-10-13-8-9-16(15)24-13)19-11-12-6-4-5-7-14(12)21-25(2,22)23;/h4-7,13,15-16,21H,3,8-11H2,1-2H3,(H2,18,19,20);1H. The number of ether oxygens (including phenoxy) is 1. The first-order valence-electron chi connectivity index (χ1n) is 8.70. The van der Waals surface area contributed by atoms with E-state index in [-0.39, 0.29) is 30.1 Å². The largest absolute Gasteiger partial charge is 0.373 e. The lowest BCUT2D eigenvalue weighted by Crippen LogP contribution is -2.47. The fraction of sp³-hybridized carbons (Fsp3) is 0.588. The highest BCUT2D eigenvalue weighted by Crippen LogP contribution is 2.34. The SMILES string of the molecule is CCNC(=NCc1ccccc1NS(C)(=O)=O)NC1CC2CCC1O2.I. The van der Waals surface area contributed by atoms with Crippen LogP contribution in [-0.2, 0) is 21.3 Å². The summed E-state index contributed by atoms with van der Waals surface area (Å²) in [6, 6.07) is 7.59. The van der Waals surface area contributed by atoms with Gasteiger partial charge >= 0.3 is 0 Å². The number of aliphatic imine (C=N–C) groups is 1. The van der Waals surface area contributed by atoms with Crippen molar-refractivity contribution in [1.82, 2.24) is 10.6 Å². The van der Waals surface area contributed by atoms with Crippen LogP contribution in [0.3, 0.4) is 0 Å². The van der Waals surface area contributed by atoms with Crippen molar-refractivity contribution >= 4 is 45.6 Å². The number of sulfonamides is 1. The fourth-order valence-corrected chi connectivity index (χ4v) is 4.01. The summed E-state index contributed by atoms with van der Waals surface area (Å²) in [7, 11) is -3.32. The van der Waals surface area contributed by atoms with E-state index in [1.807, 2.05) is 19.1 Å². The van der Waals surface area contributed by atoms with Crippen molar-refractivity contribution in [1.29, 1.82) is 0 Å². The van der Waals surface area contributed by atoms with Crippen LogP contribution in [0, 0.1) is 0 Å². The van der Waals surface area contributed by atoms with Crippen LogP contribution in [0.15, 0.2) is 29.3 Å². The zero-order chi connectivity index (χ0) is 17.9. The Balaban J connectivity index is 0.00000243. The Bertz CT molecular complexity index is 741. The molecule has 0 aromatic heterocycles. The molecule has 2 fully saturated rings. The summed E-state index contributed by atoms with van der Waals surface area (Å²) in [5, 5.41) is 6.71. The van der Waals surface area contributed by atoms with Crippen molar-refractivity contribution in [2.24, 2.45) is 4.99 Å². The summed E-state index contributed by atoms with van der Waals surface area (Å²) in [6.07, 6.45) is 5.07. The molecule has 1 aromatic carbocycles. The molecule has 2 saturated heterocycles. The first-order chi connectivity index (χ1) is 11.9. The fourth-order valence-electron chi connectivity index (χ4n) is 3.41. The molecule has 9 heteroatoms. The zero-order valence-corrected chi connectivity index (χ0v) is 18.2. The maximum Gasteiger partial charge on any atom is 0.229 e. The number of para-hydroxylation sites is 1. The number of hydrogen-bond donors (Lipinski definition) is 3. The first kappa shape index (κ1) is 21.2. The number of fused-ring (bicyclic) bond motifs is 2. The summed E-state index contributed by atoms with van der Waals surface area (Å²) in [6.45, 7) is 3.17. The lowest BCUT2D eigenvalue weighted by atomic mass is 9.96. The van der Waals surface area contributed by atoms with E-state index in [2.05, 4.69) is 20.3 Å². The second kappa shape index (κ2) is 9.23. The molecule has 0 radical (unpaired) electrons. The minimum atomic E-state index is -3.32. The number of guanidine groups is 1. The Kier molecular flexibility index (Phi) is 7.53. The lowest BCUT2D eigenvalue weighted by molar-refractivity contribution is 0.0992. The van der Waals surface area contributed by atoms with Crippen LogP contribution in [0.2, 0.25) is 0 Å². The number of halogens is 1. The molecule has 2 bridgehead atoms. The van der Waals surface area contributed by atoms with Gasteiger partial charge in [-0.15, -0.1) is 24.0 Å². The van der Waals surface area contributed by atoms with E-state index in [0.29, 0.717) is 24.4 Å².